The van der Waals surface area contributed by atoms with Crippen LogP contribution in [-0.2, 0) is 79.1 Å². The van der Waals surface area contributed by atoms with Crippen LogP contribution in [0.4, 0.5) is 21.0 Å². The second-order valence-electron chi connectivity index (χ2n) is 25.3. The number of phosphoric ester groups is 2. The Bertz CT molecular complexity index is 3260. The molecule has 2 aliphatic heterocycles. The van der Waals surface area contributed by atoms with Crippen molar-refractivity contribution in [3.8, 4) is 0 Å². The van der Waals surface area contributed by atoms with E-state index < -0.39 is 102 Å². The van der Waals surface area contributed by atoms with Crippen LogP contribution in [-0.4, -0.2) is 209 Å². The van der Waals surface area contributed by atoms with E-state index in [-0.39, 0.29) is 79.7 Å². The van der Waals surface area contributed by atoms with Gasteiger partial charge in [0.2, 0.25) is 20.0 Å². The van der Waals surface area contributed by atoms with Crippen molar-refractivity contribution in [2.24, 2.45) is 11.8 Å². The molecule has 0 aliphatic carbocycles. The van der Waals surface area contributed by atoms with Gasteiger partial charge in [-0.05, 0) is 72.2 Å². The van der Waals surface area contributed by atoms with Crippen molar-refractivity contribution in [3.63, 3.8) is 0 Å². The van der Waals surface area contributed by atoms with Crippen LogP contribution in [0.5, 0.6) is 0 Å². The lowest BCUT2D eigenvalue weighted by atomic mass is 10.0. The number of carbonyl (C=O) groups excluding carboxylic acids is 2. The lowest BCUT2D eigenvalue weighted by Crippen LogP contribution is -2.52. The first-order chi connectivity index (χ1) is 43.0. The number of carbonyl (C=O) groups is 2. The van der Waals surface area contributed by atoms with E-state index in [1.165, 1.54) is 24.3 Å². The third-order valence-electron chi connectivity index (χ3n) is 14.1. The number of nitrogens with one attached hydrogen (secondary N) is 2. The van der Waals surface area contributed by atoms with E-state index in [1.54, 1.807) is 56.3 Å². The second kappa shape index (κ2) is 35.3. The van der Waals surface area contributed by atoms with Gasteiger partial charge in [-0.25, -0.2) is 26.4 Å². The van der Waals surface area contributed by atoms with Gasteiger partial charge in [0.15, 0.2) is 0 Å². The molecule has 2 aliphatic rings. The predicted octanol–water partition coefficient (Wildman–Crippen LogP) is 5.56. The van der Waals surface area contributed by atoms with Crippen LogP contribution in [0.25, 0.3) is 0 Å². The standard InChI is InChI=1S/C30H45N4O11PS.C30H47N4O9PS/c1-23(2)20-32(47(40,41)27-13-11-25(12-14-27)33(36)37)21-29(45-46(38,39)43-18-16-34(3,4)5)28(19-24-9-7-6-8-10-24)31-30(35)44-26-15-17-42-22-26;1-23(2)20-33(45(38,39)27-13-11-25(31)12-14-27)21-29(43-44(36,37)41-18-16-34(3,4)5)28(19-24-9-7-6-8-10-24)32-30(35)42-26-15-17-40-22-26/h6-14,23,26,28-29H,15-22H2,1-5H3,(H-,31,35,38,39);6-14,23,26,28-29H,15-22,31H2,1-5H3,(H-,32,35,36,37)/t2*26-,28-,29+/m00/s1. The normalized spacial score (nSPS) is 18.3. The lowest BCUT2D eigenvalue weighted by molar-refractivity contribution is -0.870. The van der Waals surface area contributed by atoms with Gasteiger partial charge in [0.25, 0.3) is 21.3 Å². The summed E-state index contributed by atoms with van der Waals surface area (Å²) in [7, 11) is -7.33. The van der Waals surface area contributed by atoms with E-state index in [2.05, 4.69) is 10.6 Å². The quantitative estimate of drug-likeness (QED) is 0.0167. The van der Waals surface area contributed by atoms with Crippen molar-refractivity contribution < 1.29 is 96.3 Å². The SMILES string of the molecule is CC(C)CN(C[C@@H](OP(=O)([O-])OCC[N+](C)(C)C)[C@H](Cc1ccccc1)NC(=O)O[C@H]1CCOC1)S(=O)(=O)c1ccc(N)cc1.CC(C)CN(C[C@@H](OP(=O)([O-])OCC[N+](C)(C)C)[C@H](Cc1ccccc1)NC(=O)O[C@H]1CCOC1)S(=O)(=O)c1ccc([N+](=O)[O-])cc1. The fourth-order valence-electron chi connectivity index (χ4n) is 9.32. The molecule has 2 saturated heterocycles. The van der Waals surface area contributed by atoms with Gasteiger partial charge in [0.1, 0.15) is 50.7 Å². The number of nitrogens with zero attached hydrogens (tertiary/aromatic N) is 5. The van der Waals surface area contributed by atoms with Crippen LogP contribution in [0.2, 0.25) is 0 Å². The molecule has 28 nitrogen and oxygen atoms in total. The summed E-state index contributed by atoms with van der Waals surface area (Å²) >= 11 is 0. The van der Waals surface area contributed by atoms with E-state index >= 15 is 0 Å². The Hall–Kier alpha value is -5.50. The van der Waals surface area contributed by atoms with Crippen molar-refractivity contribution in [1.29, 1.82) is 0 Å². The number of amides is 2. The fourth-order valence-corrected chi connectivity index (χ4v) is 14.4. The molecule has 2 amide bonds. The predicted molar refractivity (Wildman–Crippen MR) is 339 cm³/mol. The number of nitro groups is 1. The number of rotatable bonds is 35. The van der Waals surface area contributed by atoms with Gasteiger partial charge in [-0.2, -0.15) is 8.61 Å². The molecular weight excluding hydrogens is 1280 g/mol. The number of nitrogen functional groups attached to an aromatic ring is 1. The monoisotopic (exact) mass is 1370 g/mol. The molecule has 92 heavy (non-hydrogen) atoms. The average molecular weight is 1370 g/mol. The van der Waals surface area contributed by atoms with Crippen LogP contribution < -0.4 is 26.2 Å². The van der Waals surface area contributed by atoms with Gasteiger partial charge in [-0.1, -0.05) is 88.4 Å². The van der Waals surface area contributed by atoms with Gasteiger partial charge in [-0.3, -0.25) is 19.2 Å². The van der Waals surface area contributed by atoms with Gasteiger partial charge in [0, 0.05) is 56.8 Å². The summed E-state index contributed by atoms with van der Waals surface area (Å²) in [6, 6.07) is 25.9. The number of phosphoric acid groups is 2. The molecule has 2 heterocycles. The molecule has 0 radical (unpaired) electrons. The number of quaternary nitrogens is 2. The van der Waals surface area contributed by atoms with E-state index in [4.69, 9.17) is 42.8 Å². The topological polar surface area (TPSA) is 356 Å². The average Bonchev–Trinajstić information content (AvgIpc) is 1.05. The molecule has 514 valence electrons. The summed E-state index contributed by atoms with van der Waals surface area (Å²) < 4.78 is 129. The molecule has 8 atom stereocenters. The Morgan fingerprint density at radius 1 is 0.609 bits per heavy atom. The largest absolute Gasteiger partial charge is 0.756 e. The molecule has 4 aromatic carbocycles. The smallest absolute Gasteiger partial charge is 0.407 e. The maximum absolute atomic E-state index is 14.0. The van der Waals surface area contributed by atoms with Gasteiger partial charge >= 0.3 is 12.2 Å². The first-order valence-corrected chi connectivity index (χ1v) is 36.0. The van der Waals surface area contributed by atoms with Crippen molar-refractivity contribution in [1.82, 2.24) is 19.2 Å². The van der Waals surface area contributed by atoms with E-state index in [1.807, 2.05) is 74.3 Å². The van der Waals surface area contributed by atoms with Gasteiger partial charge in [-0.15, -0.1) is 0 Å². The number of sulfonamides is 2. The minimum absolute atomic E-state index is 0.0196. The van der Waals surface area contributed by atoms with E-state index in [0.29, 0.717) is 59.4 Å². The lowest BCUT2D eigenvalue weighted by Gasteiger charge is -2.36. The highest BCUT2D eigenvalue weighted by molar-refractivity contribution is 7.89. The summed E-state index contributed by atoms with van der Waals surface area (Å²) in [6.45, 7) is 7.95. The molecule has 4 N–H and O–H groups in total. The molecule has 2 fully saturated rings. The molecule has 4 aromatic rings. The second-order valence-corrected chi connectivity index (χ2v) is 31.9. The van der Waals surface area contributed by atoms with Gasteiger partial charge in [0.05, 0.1) is 95.5 Å². The Labute approximate surface area is 541 Å². The molecule has 6 rings (SSSR count). The molecular formula is C60H92N8O20P2S2. The zero-order valence-corrected chi connectivity index (χ0v) is 57.4. The van der Waals surface area contributed by atoms with Crippen molar-refractivity contribution in [2.45, 2.75) is 99.7 Å². The molecule has 0 aromatic heterocycles. The van der Waals surface area contributed by atoms with Crippen LogP contribution in [0.15, 0.2) is 119 Å². The Morgan fingerprint density at radius 3 is 1.28 bits per heavy atom. The van der Waals surface area contributed by atoms with Crippen molar-refractivity contribution >= 4 is 59.3 Å². The first-order valence-electron chi connectivity index (χ1n) is 30.2. The summed E-state index contributed by atoms with van der Waals surface area (Å²) in [5, 5.41) is 16.6. The number of alkyl carbamates (subject to hydrolysis) is 2. The molecule has 0 bridgehead atoms. The van der Waals surface area contributed by atoms with Crippen molar-refractivity contribution in [3.05, 3.63) is 130 Å². The number of ether oxygens (including phenoxy) is 4. The maximum Gasteiger partial charge on any atom is 0.407 e. The Balaban J connectivity index is 0.000000334. The number of hydrogen-bond acceptors (Lipinski definition) is 21. The highest BCUT2D eigenvalue weighted by Crippen LogP contribution is 2.43. The van der Waals surface area contributed by atoms with Crippen molar-refractivity contribution in [2.75, 3.05) is 127 Å². The summed E-state index contributed by atoms with van der Waals surface area (Å²) in [5.74, 6) is -0.363. The summed E-state index contributed by atoms with van der Waals surface area (Å²) in [6.07, 6.45) is -4.33. The van der Waals surface area contributed by atoms with E-state index in [0.717, 1.165) is 38.4 Å². The van der Waals surface area contributed by atoms with E-state index in [9.17, 15) is 55.5 Å². The zero-order valence-electron chi connectivity index (χ0n) is 54.0. The third kappa shape index (κ3) is 27.5. The number of nitrogens with two attached hydrogens (primary N) is 1. The fraction of sp³-hybridized carbons (Fsp3) is 0.567. The highest BCUT2D eigenvalue weighted by Gasteiger charge is 2.39. The number of non-ortho nitro benzene ring substituents is 1. The first kappa shape index (κ1) is 77.2. The zero-order chi connectivity index (χ0) is 68.1. The third-order valence-corrected chi connectivity index (χ3v) is 19.8. The summed E-state index contributed by atoms with van der Waals surface area (Å²) in [5.41, 5.74) is 7.35. The van der Waals surface area contributed by atoms with Gasteiger partial charge < -0.3 is 72.2 Å². The summed E-state index contributed by atoms with van der Waals surface area (Å²) in [4.78, 5) is 63.0. The number of anilines is 1. The Morgan fingerprint density at radius 2 is 0.967 bits per heavy atom. The number of likely N-dealkylation sites (N-methyl/N-ethyl adjacent to an activating group) is 2. The minimum atomic E-state index is -5.07. The van der Waals surface area contributed by atoms with Crippen LogP contribution in [0.3, 0.4) is 0 Å². The number of hydrogen-bond donors (Lipinski definition) is 3. The molecule has 0 spiro atoms. The number of nitro benzene ring substituents is 1. The molecule has 2 unspecified atom stereocenters. The maximum atomic E-state index is 14.0. The number of benzene rings is 4. The van der Waals surface area contributed by atoms with Crippen LogP contribution in [0, 0.1) is 22.0 Å². The Kier molecular flexibility index (Phi) is 29.6. The molecule has 32 heteroatoms. The van der Waals surface area contributed by atoms with Crippen LogP contribution in [0.1, 0.15) is 51.7 Å². The van der Waals surface area contributed by atoms with Crippen LogP contribution >= 0.6 is 15.6 Å². The highest BCUT2D eigenvalue weighted by atomic mass is 32.2. The molecule has 0 saturated carbocycles. The minimum Gasteiger partial charge on any atom is -0.756 e.